The predicted molar refractivity (Wildman–Crippen MR) is 95.5 cm³/mol. The zero-order valence-electron chi connectivity index (χ0n) is 13.3. The largest absolute Gasteiger partial charge is 0.347 e. The molecule has 0 fully saturated rings. The maximum absolute atomic E-state index is 4.45. The molecular formula is C20H18N4. The lowest BCUT2D eigenvalue weighted by Crippen LogP contribution is -2.02. The zero-order chi connectivity index (χ0) is 16.2. The highest BCUT2D eigenvalue weighted by atomic mass is 15.2. The van der Waals surface area contributed by atoms with Gasteiger partial charge in [-0.1, -0.05) is 48.5 Å². The highest BCUT2D eigenvalue weighted by Gasteiger charge is 2.04. The molecule has 0 spiro atoms. The summed E-state index contributed by atoms with van der Waals surface area (Å²) >= 11 is 0. The molecule has 0 bridgehead atoms. The number of hydrogen-bond donors (Lipinski definition) is 0. The van der Waals surface area contributed by atoms with Crippen LogP contribution in [0.2, 0.25) is 0 Å². The van der Waals surface area contributed by atoms with Gasteiger partial charge in [0.25, 0.3) is 0 Å². The van der Waals surface area contributed by atoms with Crippen LogP contribution >= 0.6 is 0 Å². The molecule has 2 aromatic carbocycles. The molecule has 4 nitrogen and oxygen atoms in total. The molecule has 0 amide bonds. The van der Waals surface area contributed by atoms with E-state index in [1.165, 1.54) is 10.9 Å². The second kappa shape index (κ2) is 6.62. The normalized spacial score (nSPS) is 11.0. The molecule has 0 aliphatic carbocycles. The SMILES string of the molecule is c1ccc(-c2cnc(CCCn3ccc4ccccc43)nn2)cc1. The average molecular weight is 314 g/mol. The van der Waals surface area contributed by atoms with Crippen molar-refractivity contribution in [2.75, 3.05) is 0 Å². The first kappa shape index (κ1) is 14.6. The molecule has 0 unspecified atom stereocenters. The number of para-hydroxylation sites is 1. The van der Waals surface area contributed by atoms with Gasteiger partial charge in [0.1, 0.15) is 5.69 Å². The first-order valence-electron chi connectivity index (χ1n) is 8.18. The third-order valence-corrected chi connectivity index (χ3v) is 4.16. The van der Waals surface area contributed by atoms with Gasteiger partial charge in [0.15, 0.2) is 5.82 Å². The number of benzene rings is 2. The van der Waals surface area contributed by atoms with Gasteiger partial charge in [-0.3, -0.25) is 0 Å². The number of rotatable bonds is 5. The van der Waals surface area contributed by atoms with Gasteiger partial charge in [-0.25, -0.2) is 4.98 Å². The first-order valence-corrected chi connectivity index (χ1v) is 8.18. The van der Waals surface area contributed by atoms with E-state index in [4.69, 9.17) is 0 Å². The van der Waals surface area contributed by atoms with Gasteiger partial charge in [0.2, 0.25) is 0 Å². The van der Waals surface area contributed by atoms with Gasteiger partial charge in [0.05, 0.1) is 6.20 Å². The summed E-state index contributed by atoms with van der Waals surface area (Å²) in [4.78, 5) is 4.45. The summed E-state index contributed by atoms with van der Waals surface area (Å²) in [5.74, 6) is 0.797. The van der Waals surface area contributed by atoms with Crippen LogP contribution in [0.5, 0.6) is 0 Å². The van der Waals surface area contributed by atoms with Gasteiger partial charge >= 0.3 is 0 Å². The summed E-state index contributed by atoms with van der Waals surface area (Å²) in [7, 11) is 0. The minimum absolute atomic E-state index is 0.797. The Balaban J connectivity index is 1.39. The molecule has 0 aliphatic rings. The fourth-order valence-electron chi connectivity index (χ4n) is 2.90. The summed E-state index contributed by atoms with van der Waals surface area (Å²) in [6.07, 6.45) is 5.77. The van der Waals surface area contributed by atoms with E-state index in [0.29, 0.717) is 0 Å². The third kappa shape index (κ3) is 3.04. The van der Waals surface area contributed by atoms with E-state index in [0.717, 1.165) is 36.5 Å². The second-order valence-corrected chi connectivity index (χ2v) is 5.80. The van der Waals surface area contributed by atoms with E-state index in [9.17, 15) is 0 Å². The molecule has 0 N–H and O–H groups in total. The number of fused-ring (bicyclic) bond motifs is 1. The van der Waals surface area contributed by atoms with Crippen molar-refractivity contribution in [1.29, 1.82) is 0 Å². The molecule has 118 valence electrons. The van der Waals surface area contributed by atoms with Crippen LogP contribution in [0.25, 0.3) is 22.2 Å². The monoisotopic (exact) mass is 314 g/mol. The van der Waals surface area contributed by atoms with Crippen LogP contribution in [0.15, 0.2) is 73.1 Å². The van der Waals surface area contributed by atoms with E-state index < -0.39 is 0 Å². The number of aromatic nitrogens is 4. The minimum atomic E-state index is 0.797. The molecule has 4 heteroatoms. The lowest BCUT2D eigenvalue weighted by molar-refractivity contribution is 0.639. The summed E-state index contributed by atoms with van der Waals surface area (Å²) in [5.41, 5.74) is 3.13. The molecule has 0 saturated carbocycles. The summed E-state index contributed by atoms with van der Waals surface area (Å²) in [5, 5.41) is 9.84. The number of aryl methyl sites for hydroxylation is 2. The zero-order valence-corrected chi connectivity index (χ0v) is 13.3. The topological polar surface area (TPSA) is 43.6 Å². The van der Waals surface area contributed by atoms with Crippen molar-refractivity contribution in [1.82, 2.24) is 19.7 Å². The molecule has 0 atom stereocenters. The van der Waals surface area contributed by atoms with E-state index >= 15 is 0 Å². The standard InChI is InChI=1S/C20H18N4/c1-2-7-16(8-3-1)18-15-21-20(23-22-18)11-6-13-24-14-12-17-9-4-5-10-19(17)24/h1-5,7-10,12,14-15H,6,11,13H2. The second-order valence-electron chi connectivity index (χ2n) is 5.80. The lowest BCUT2D eigenvalue weighted by Gasteiger charge is -2.05. The van der Waals surface area contributed by atoms with Gasteiger partial charge in [-0.2, -0.15) is 0 Å². The Bertz CT molecular complexity index is 927. The first-order chi connectivity index (χ1) is 11.9. The van der Waals surface area contributed by atoms with Gasteiger partial charge in [-0.05, 0) is 23.9 Å². The van der Waals surface area contributed by atoms with Crippen LogP contribution in [0.3, 0.4) is 0 Å². The Morgan fingerprint density at radius 1 is 0.833 bits per heavy atom. The smallest absolute Gasteiger partial charge is 0.150 e. The summed E-state index contributed by atoms with van der Waals surface area (Å²) in [6.45, 7) is 0.956. The van der Waals surface area contributed by atoms with E-state index in [1.54, 1.807) is 0 Å². The molecule has 2 aromatic heterocycles. The van der Waals surface area contributed by atoms with Crippen LogP contribution < -0.4 is 0 Å². The average Bonchev–Trinajstić information content (AvgIpc) is 3.06. The van der Waals surface area contributed by atoms with Crippen molar-refractivity contribution in [2.45, 2.75) is 19.4 Å². The Kier molecular flexibility index (Phi) is 4.02. The van der Waals surface area contributed by atoms with Gasteiger partial charge < -0.3 is 4.57 Å². The molecule has 2 heterocycles. The Labute approximate surface area is 140 Å². The van der Waals surface area contributed by atoms with E-state index in [2.05, 4.69) is 56.3 Å². The van der Waals surface area contributed by atoms with Crippen LogP contribution in [-0.4, -0.2) is 19.7 Å². The Hall–Kier alpha value is -3.01. The van der Waals surface area contributed by atoms with Crippen molar-refractivity contribution in [2.24, 2.45) is 0 Å². The maximum atomic E-state index is 4.45. The molecular weight excluding hydrogens is 296 g/mol. The van der Waals surface area contributed by atoms with Crippen LogP contribution in [0, 0.1) is 0 Å². The molecule has 0 saturated heterocycles. The minimum Gasteiger partial charge on any atom is -0.347 e. The van der Waals surface area contributed by atoms with Gasteiger partial charge in [0, 0.05) is 30.2 Å². The Morgan fingerprint density at radius 2 is 1.67 bits per heavy atom. The van der Waals surface area contributed by atoms with Crippen molar-refractivity contribution in [3.8, 4) is 11.3 Å². The highest BCUT2D eigenvalue weighted by molar-refractivity contribution is 5.79. The fourth-order valence-corrected chi connectivity index (χ4v) is 2.90. The summed E-state index contributed by atoms with van der Waals surface area (Å²) in [6, 6.07) is 20.6. The predicted octanol–water partition coefficient (Wildman–Crippen LogP) is 4.13. The van der Waals surface area contributed by atoms with Crippen LogP contribution in [-0.2, 0) is 13.0 Å². The summed E-state index contributed by atoms with van der Waals surface area (Å²) < 4.78 is 2.28. The molecule has 0 aliphatic heterocycles. The fraction of sp³-hybridized carbons (Fsp3) is 0.150. The van der Waals surface area contributed by atoms with Crippen LogP contribution in [0.4, 0.5) is 0 Å². The van der Waals surface area contributed by atoms with E-state index in [1.807, 2.05) is 36.5 Å². The molecule has 4 aromatic rings. The van der Waals surface area contributed by atoms with Crippen molar-refractivity contribution in [3.05, 3.63) is 78.9 Å². The quantitative estimate of drug-likeness (QED) is 0.556. The van der Waals surface area contributed by atoms with Crippen molar-refractivity contribution < 1.29 is 0 Å². The van der Waals surface area contributed by atoms with Crippen molar-refractivity contribution in [3.63, 3.8) is 0 Å². The lowest BCUT2D eigenvalue weighted by atomic mass is 10.2. The molecule has 4 rings (SSSR count). The third-order valence-electron chi connectivity index (χ3n) is 4.16. The van der Waals surface area contributed by atoms with Crippen molar-refractivity contribution >= 4 is 10.9 Å². The molecule has 0 radical (unpaired) electrons. The highest BCUT2D eigenvalue weighted by Crippen LogP contribution is 2.16. The molecule has 24 heavy (non-hydrogen) atoms. The Morgan fingerprint density at radius 3 is 2.50 bits per heavy atom. The maximum Gasteiger partial charge on any atom is 0.150 e. The van der Waals surface area contributed by atoms with Gasteiger partial charge in [-0.15, -0.1) is 10.2 Å². The number of nitrogens with zero attached hydrogens (tertiary/aromatic N) is 4. The van der Waals surface area contributed by atoms with Crippen LogP contribution in [0.1, 0.15) is 12.2 Å². The number of hydrogen-bond acceptors (Lipinski definition) is 3. The van der Waals surface area contributed by atoms with E-state index in [-0.39, 0.29) is 0 Å².